The molecular weight excluding hydrogens is 326 g/mol. The Hall–Kier alpha value is -2.96. The van der Waals surface area contributed by atoms with Crippen LogP contribution in [-0.4, -0.2) is 47.1 Å². The normalized spacial score (nSPS) is 17.5. The average Bonchev–Trinajstić information content (AvgIpc) is 2.68. The summed E-state index contributed by atoms with van der Waals surface area (Å²) in [5, 5.41) is 0. The molecule has 2 N–H and O–H groups in total. The molecular formula is C19H23N7. The van der Waals surface area contributed by atoms with Gasteiger partial charge < -0.3 is 15.5 Å². The first-order valence-corrected chi connectivity index (χ1v) is 8.88. The number of nitrogens with zero attached hydrogens (tertiary/aromatic N) is 6. The summed E-state index contributed by atoms with van der Waals surface area (Å²) in [5.74, 6) is 2.73. The molecule has 26 heavy (non-hydrogen) atoms. The molecule has 4 rings (SSSR count). The monoisotopic (exact) mass is 349 g/mol. The first kappa shape index (κ1) is 16.5. The van der Waals surface area contributed by atoms with Crippen molar-refractivity contribution in [1.29, 1.82) is 0 Å². The van der Waals surface area contributed by atoms with Crippen molar-refractivity contribution >= 4 is 28.5 Å². The Bertz CT molecular complexity index is 925. The third-order valence-electron chi connectivity index (χ3n) is 4.87. The van der Waals surface area contributed by atoms with E-state index < -0.39 is 0 Å². The quantitative estimate of drug-likeness (QED) is 0.777. The van der Waals surface area contributed by atoms with Crippen LogP contribution in [0.2, 0.25) is 0 Å². The molecule has 0 saturated carbocycles. The van der Waals surface area contributed by atoms with Gasteiger partial charge in [0.05, 0.1) is 5.52 Å². The van der Waals surface area contributed by atoms with Gasteiger partial charge in [-0.1, -0.05) is 6.07 Å². The maximum atomic E-state index is 5.97. The number of hydrogen-bond acceptors (Lipinski definition) is 7. The molecule has 1 atom stereocenters. The Morgan fingerprint density at radius 1 is 1.12 bits per heavy atom. The van der Waals surface area contributed by atoms with Crippen LogP contribution in [0.1, 0.15) is 24.5 Å². The third-order valence-corrected chi connectivity index (χ3v) is 4.87. The van der Waals surface area contributed by atoms with E-state index in [-0.39, 0.29) is 0 Å². The fourth-order valence-corrected chi connectivity index (χ4v) is 3.47. The zero-order valence-corrected chi connectivity index (χ0v) is 15.1. The van der Waals surface area contributed by atoms with Crippen LogP contribution in [0.25, 0.3) is 11.0 Å². The third kappa shape index (κ3) is 3.12. The van der Waals surface area contributed by atoms with E-state index >= 15 is 0 Å². The molecule has 1 saturated heterocycles. The maximum Gasteiger partial charge on any atom is 0.153 e. The predicted molar refractivity (Wildman–Crippen MR) is 104 cm³/mol. The van der Waals surface area contributed by atoms with Crippen LogP contribution in [-0.2, 0) is 0 Å². The molecule has 0 spiro atoms. The second-order valence-electron chi connectivity index (χ2n) is 6.90. The lowest BCUT2D eigenvalue weighted by Crippen LogP contribution is -2.35. The van der Waals surface area contributed by atoms with Gasteiger partial charge in [-0.2, -0.15) is 0 Å². The van der Waals surface area contributed by atoms with E-state index in [1.807, 2.05) is 37.2 Å². The fraction of sp³-hybridized carbons (Fsp3) is 0.368. The molecule has 7 heteroatoms. The van der Waals surface area contributed by atoms with E-state index in [0.717, 1.165) is 48.8 Å². The highest BCUT2D eigenvalue weighted by Gasteiger charge is 2.24. The lowest BCUT2D eigenvalue weighted by atomic mass is 9.94. The van der Waals surface area contributed by atoms with Crippen molar-refractivity contribution in [3.05, 3.63) is 42.4 Å². The molecule has 3 aromatic heterocycles. The van der Waals surface area contributed by atoms with Gasteiger partial charge in [0.1, 0.15) is 23.5 Å². The Balaban J connectivity index is 1.61. The number of aromatic nitrogens is 4. The van der Waals surface area contributed by atoms with Crippen molar-refractivity contribution < 1.29 is 0 Å². The van der Waals surface area contributed by atoms with E-state index in [0.29, 0.717) is 17.3 Å². The van der Waals surface area contributed by atoms with Crippen LogP contribution in [0.3, 0.4) is 0 Å². The summed E-state index contributed by atoms with van der Waals surface area (Å²) in [6, 6.07) is 10.2. The second-order valence-corrected chi connectivity index (χ2v) is 6.90. The summed E-state index contributed by atoms with van der Waals surface area (Å²) in [5.41, 5.74) is 8.55. The number of piperidine rings is 1. The van der Waals surface area contributed by atoms with E-state index in [9.17, 15) is 0 Å². The van der Waals surface area contributed by atoms with Gasteiger partial charge in [-0.05, 0) is 37.1 Å². The highest BCUT2D eigenvalue weighted by atomic mass is 15.2. The second kappa shape index (κ2) is 6.74. The maximum absolute atomic E-state index is 5.97. The summed E-state index contributed by atoms with van der Waals surface area (Å²) in [6.45, 7) is 1.88. The number of rotatable bonds is 3. The minimum absolute atomic E-state index is 0.394. The topological polar surface area (TPSA) is 84.1 Å². The molecule has 0 aliphatic carbocycles. The Morgan fingerprint density at radius 2 is 2.00 bits per heavy atom. The van der Waals surface area contributed by atoms with Gasteiger partial charge in [0, 0.05) is 38.8 Å². The standard InChI is InChI=1S/C19H23N7/c1-25(2)16-7-3-6-14(23-16)13-5-4-10-26(11-13)17-9-8-15-18(24-17)19(20)22-12-21-15/h3,6-9,12-13H,4-5,10-11H2,1-2H3,(H2,20,21,22). The van der Waals surface area contributed by atoms with Crippen molar-refractivity contribution in [2.45, 2.75) is 18.8 Å². The van der Waals surface area contributed by atoms with E-state index in [2.05, 4.69) is 27.0 Å². The fourth-order valence-electron chi connectivity index (χ4n) is 3.47. The van der Waals surface area contributed by atoms with Gasteiger partial charge in [0.15, 0.2) is 5.82 Å². The van der Waals surface area contributed by atoms with Crippen LogP contribution < -0.4 is 15.5 Å². The Morgan fingerprint density at radius 3 is 2.85 bits per heavy atom. The Labute approximate surface area is 152 Å². The van der Waals surface area contributed by atoms with Crippen molar-refractivity contribution in [3.63, 3.8) is 0 Å². The number of fused-ring (bicyclic) bond motifs is 1. The molecule has 3 aromatic rings. The molecule has 1 unspecified atom stereocenters. The Kier molecular flexibility index (Phi) is 4.28. The number of pyridine rings is 2. The van der Waals surface area contributed by atoms with E-state index in [1.54, 1.807) is 0 Å². The summed E-state index contributed by atoms with van der Waals surface area (Å²) in [6.07, 6.45) is 3.72. The number of anilines is 3. The number of nitrogen functional groups attached to an aromatic ring is 1. The largest absolute Gasteiger partial charge is 0.382 e. The summed E-state index contributed by atoms with van der Waals surface area (Å²) in [7, 11) is 4.04. The summed E-state index contributed by atoms with van der Waals surface area (Å²) in [4.78, 5) is 22.2. The molecule has 1 aliphatic heterocycles. The minimum atomic E-state index is 0.394. The zero-order chi connectivity index (χ0) is 18.1. The molecule has 1 fully saturated rings. The number of hydrogen-bond donors (Lipinski definition) is 1. The molecule has 134 valence electrons. The van der Waals surface area contributed by atoms with Gasteiger partial charge in [-0.3, -0.25) is 0 Å². The summed E-state index contributed by atoms with van der Waals surface area (Å²) >= 11 is 0. The van der Waals surface area contributed by atoms with Crippen LogP contribution >= 0.6 is 0 Å². The molecule has 1 aliphatic rings. The highest BCUT2D eigenvalue weighted by Crippen LogP contribution is 2.30. The lowest BCUT2D eigenvalue weighted by Gasteiger charge is -2.33. The van der Waals surface area contributed by atoms with Gasteiger partial charge in [-0.25, -0.2) is 19.9 Å². The summed E-state index contributed by atoms with van der Waals surface area (Å²) < 4.78 is 0. The van der Waals surface area contributed by atoms with Crippen LogP contribution in [0, 0.1) is 0 Å². The highest BCUT2D eigenvalue weighted by molar-refractivity contribution is 5.84. The molecule has 0 bridgehead atoms. The zero-order valence-electron chi connectivity index (χ0n) is 15.1. The molecule has 0 radical (unpaired) electrons. The minimum Gasteiger partial charge on any atom is -0.382 e. The van der Waals surface area contributed by atoms with Crippen molar-refractivity contribution in [2.75, 3.05) is 42.7 Å². The molecule has 4 heterocycles. The molecule has 0 amide bonds. The van der Waals surface area contributed by atoms with Gasteiger partial charge in [-0.15, -0.1) is 0 Å². The van der Waals surface area contributed by atoms with Crippen molar-refractivity contribution in [3.8, 4) is 0 Å². The first-order valence-electron chi connectivity index (χ1n) is 8.88. The van der Waals surface area contributed by atoms with Gasteiger partial charge >= 0.3 is 0 Å². The first-order chi connectivity index (χ1) is 12.6. The van der Waals surface area contributed by atoms with E-state index in [1.165, 1.54) is 6.33 Å². The van der Waals surface area contributed by atoms with Gasteiger partial charge in [0.25, 0.3) is 0 Å². The molecule has 0 aromatic carbocycles. The van der Waals surface area contributed by atoms with Crippen molar-refractivity contribution in [2.24, 2.45) is 0 Å². The average molecular weight is 349 g/mol. The molecule has 7 nitrogen and oxygen atoms in total. The van der Waals surface area contributed by atoms with Crippen LogP contribution in [0.15, 0.2) is 36.7 Å². The smallest absolute Gasteiger partial charge is 0.153 e. The predicted octanol–water partition coefficient (Wildman–Crippen LogP) is 2.45. The number of nitrogens with two attached hydrogens (primary N) is 1. The lowest BCUT2D eigenvalue weighted by molar-refractivity contribution is 0.499. The SMILES string of the molecule is CN(C)c1cccc(C2CCCN(c3ccc4ncnc(N)c4n3)C2)n1. The van der Waals surface area contributed by atoms with Crippen molar-refractivity contribution in [1.82, 2.24) is 19.9 Å². The van der Waals surface area contributed by atoms with Crippen LogP contribution in [0.4, 0.5) is 17.5 Å². The van der Waals surface area contributed by atoms with E-state index in [4.69, 9.17) is 15.7 Å². The van der Waals surface area contributed by atoms with Crippen LogP contribution in [0.5, 0.6) is 0 Å². The van der Waals surface area contributed by atoms with Gasteiger partial charge in [0.2, 0.25) is 0 Å².